The Hall–Kier alpha value is -1.07. The van der Waals surface area contributed by atoms with Crippen molar-refractivity contribution in [3.05, 3.63) is 16.4 Å². The Morgan fingerprint density at radius 1 is 1.40 bits per heavy atom. The van der Waals surface area contributed by atoms with Crippen molar-refractivity contribution in [1.29, 1.82) is 0 Å². The van der Waals surface area contributed by atoms with Crippen molar-refractivity contribution in [1.82, 2.24) is 15.1 Å². The summed E-state index contributed by atoms with van der Waals surface area (Å²) in [5, 5.41) is 17.3. The number of nitrogens with zero attached hydrogens (tertiary/aromatic N) is 2. The van der Waals surface area contributed by atoms with Crippen LogP contribution in [0.1, 0.15) is 49.7 Å². The lowest BCUT2D eigenvalue weighted by molar-refractivity contribution is 0.0816. The molecule has 1 aromatic heterocycles. The van der Waals surface area contributed by atoms with Crippen LogP contribution in [0.25, 0.3) is 0 Å². The third-order valence-electron chi connectivity index (χ3n) is 3.68. The summed E-state index contributed by atoms with van der Waals surface area (Å²) in [6.45, 7) is 6.23. The maximum atomic E-state index is 12.2. The van der Waals surface area contributed by atoms with Gasteiger partial charge in [0, 0.05) is 13.6 Å². The van der Waals surface area contributed by atoms with Crippen LogP contribution in [0, 0.1) is 5.92 Å². The molecular weight excluding hydrogens is 278 g/mol. The summed E-state index contributed by atoms with van der Waals surface area (Å²) >= 11 is 6.10. The summed E-state index contributed by atoms with van der Waals surface area (Å²) in [4.78, 5) is 12.2. The number of hydrogen-bond acceptors (Lipinski definition) is 3. The SMILES string of the molecule is CCc1nn(C)c(Cl)c1C(=O)NCC(O)C(CC)CC. The van der Waals surface area contributed by atoms with Gasteiger partial charge in [-0.25, -0.2) is 0 Å². The lowest BCUT2D eigenvalue weighted by Gasteiger charge is -2.20. The van der Waals surface area contributed by atoms with Crippen molar-refractivity contribution >= 4 is 17.5 Å². The molecule has 0 bridgehead atoms. The number of halogens is 1. The molecule has 0 spiro atoms. The molecule has 0 fully saturated rings. The van der Waals surface area contributed by atoms with E-state index in [0.29, 0.717) is 22.8 Å². The largest absolute Gasteiger partial charge is 0.391 e. The van der Waals surface area contributed by atoms with Crippen LogP contribution in [0.4, 0.5) is 0 Å². The van der Waals surface area contributed by atoms with Crippen molar-refractivity contribution in [2.45, 2.75) is 46.1 Å². The summed E-state index contributed by atoms with van der Waals surface area (Å²) < 4.78 is 1.49. The van der Waals surface area contributed by atoms with Crippen LogP contribution in [0.5, 0.6) is 0 Å². The van der Waals surface area contributed by atoms with E-state index in [-0.39, 0.29) is 18.4 Å². The van der Waals surface area contributed by atoms with Gasteiger partial charge in [-0.2, -0.15) is 5.10 Å². The first-order valence-corrected chi connectivity index (χ1v) is 7.51. The number of carbonyl (C=O) groups excluding carboxylic acids is 1. The van der Waals surface area contributed by atoms with Gasteiger partial charge in [-0.05, 0) is 12.3 Å². The van der Waals surface area contributed by atoms with E-state index in [1.54, 1.807) is 7.05 Å². The molecule has 0 saturated carbocycles. The van der Waals surface area contributed by atoms with Crippen LogP contribution in [0.15, 0.2) is 0 Å². The molecule has 0 saturated heterocycles. The lowest BCUT2D eigenvalue weighted by Crippen LogP contribution is -2.36. The minimum Gasteiger partial charge on any atom is -0.391 e. The van der Waals surface area contributed by atoms with Crippen LogP contribution < -0.4 is 5.32 Å². The van der Waals surface area contributed by atoms with Gasteiger partial charge in [0.2, 0.25) is 0 Å². The van der Waals surface area contributed by atoms with Crippen LogP contribution in [0.2, 0.25) is 5.15 Å². The quantitative estimate of drug-likeness (QED) is 0.811. The highest BCUT2D eigenvalue weighted by molar-refractivity contribution is 6.33. The number of amides is 1. The number of rotatable bonds is 7. The van der Waals surface area contributed by atoms with Crippen LogP contribution in [-0.2, 0) is 13.5 Å². The summed E-state index contributed by atoms with van der Waals surface area (Å²) in [5.41, 5.74) is 1.08. The molecule has 1 rings (SSSR count). The number of aliphatic hydroxyl groups excluding tert-OH is 1. The molecule has 0 aliphatic rings. The Labute approximate surface area is 125 Å². The molecule has 1 amide bonds. The molecule has 0 aliphatic heterocycles. The summed E-state index contributed by atoms with van der Waals surface area (Å²) in [5.74, 6) is -0.0738. The van der Waals surface area contributed by atoms with E-state index >= 15 is 0 Å². The van der Waals surface area contributed by atoms with Gasteiger partial charge < -0.3 is 10.4 Å². The van der Waals surface area contributed by atoms with Crippen LogP contribution >= 0.6 is 11.6 Å². The predicted molar refractivity (Wildman–Crippen MR) is 80.0 cm³/mol. The Bertz CT molecular complexity index is 456. The van der Waals surface area contributed by atoms with E-state index in [0.717, 1.165) is 12.8 Å². The molecule has 20 heavy (non-hydrogen) atoms. The number of nitrogens with one attached hydrogen (secondary N) is 1. The first-order valence-electron chi connectivity index (χ1n) is 7.13. The van der Waals surface area contributed by atoms with E-state index in [2.05, 4.69) is 10.4 Å². The third kappa shape index (κ3) is 3.73. The summed E-state index contributed by atoms with van der Waals surface area (Å²) in [6.07, 6.45) is 1.88. The molecular formula is C14H24ClN3O2. The zero-order valence-electron chi connectivity index (χ0n) is 12.6. The smallest absolute Gasteiger partial charge is 0.256 e. The minimum absolute atomic E-state index is 0.199. The highest BCUT2D eigenvalue weighted by Gasteiger charge is 2.22. The van der Waals surface area contributed by atoms with Gasteiger partial charge in [0.15, 0.2) is 0 Å². The van der Waals surface area contributed by atoms with E-state index in [4.69, 9.17) is 11.6 Å². The van der Waals surface area contributed by atoms with Gasteiger partial charge in [0.1, 0.15) is 5.15 Å². The van der Waals surface area contributed by atoms with E-state index in [1.165, 1.54) is 4.68 Å². The highest BCUT2D eigenvalue weighted by Crippen LogP contribution is 2.20. The standard InChI is InChI=1S/C14H24ClN3O2/c1-5-9(6-2)11(19)8-16-14(20)12-10(7-3)17-18(4)13(12)15/h9,11,19H,5-8H2,1-4H3,(H,16,20). The van der Waals surface area contributed by atoms with Gasteiger partial charge in [0.05, 0.1) is 17.4 Å². The van der Waals surface area contributed by atoms with E-state index < -0.39 is 6.10 Å². The van der Waals surface area contributed by atoms with Gasteiger partial charge in [-0.3, -0.25) is 9.48 Å². The Morgan fingerprint density at radius 3 is 2.50 bits per heavy atom. The molecule has 0 aromatic carbocycles. The number of aliphatic hydroxyl groups is 1. The van der Waals surface area contributed by atoms with Crippen molar-refractivity contribution in [3.8, 4) is 0 Å². The van der Waals surface area contributed by atoms with Gasteiger partial charge in [0.25, 0.3) is 5.91 Å². The maximum absolute atomic E-state index is 12.2. The Balaban J connectivity index is 2.73. The fourth-order valence-electron chi connectivity index (χ4n) is 2.31. The average molecular weight is 302 g/mol. The molecule has 1 atom stereocenters. The molecule has 0 aliphatic carbocycles. The molecule has 114 valence electrons. The number of aromatic nitrogens is 2. The van der Waals surface area contributed by atoms with Crippen molar-refractivity contribution in [2.24, 2.45) is 13.0 Å². The molecule has 1 unspecified atom stereocenters. The summed E-state index contributed by atoms with van der Waals surface area (Å²) in [7, 11) is 1.71. The Kier molecular flexibility index (Phi) is 6.49. The zero-order valence-corrected chi connectivity index (χ0v) is 13.4. The fourth-order valence-corrected chi connectivity index (χ4v) is 2.55. The molecule has 6 heteroatoms. The molecule has 1 aromatic rings. The van der Waals surface area contributed by atoms with Crippen molar-refractivity contribution in [2.75, 3.05) is 6.54 Å². The second-order valence-electron chi connectivity index (χ2n) is 4.94. The molecule has 5 nitrogen and oxygen atoms in total. The topological polar surface area (TPSA) is 67.2 Å². The van der Waals surface area contributed by atoms with Crippen molar-refractivity contribution in [3.63, 3.8) is 0 Å². The average Bonchev–Trinajstić information content (AvgIpc) is 2.73. The predicted octanol–water partition coefficient (Wildman–Crippen LogP) is 2.16. The molecule has 0 radical (unpaired) electrons. The third-order valence-corrected chi connectivity index (χ3v) is 4.11. The number of hydrogen-bond donors (Lipinski definition) is 2. The van der Waals surface area contributed by atoms with Gasteiger partial charge in [-0.15, -0.1) is 0 Å². The molecule has 1 heterocycles. The Morgan fingerprint density at radius 2 is 2.00 bits per heavy atom. The highest BCUT2D eigenvalue weighted by atomic mass is 35.5. The molecule has 2 N–H and O–H groups in total. The second-order valence-corrected chi connectivity index (χ2v) is 5.30. The second kappa shape index (κ2) is 7.64. The number of carbonyl (C=O) groups is 1. The maximum Gasteiger partial charge on any atom is 0.256 e. The van der Waals surface area contributed by atoms with Crippen LogP contribution in [0.3, 0.4) is 0 Å². The van der Waals surface area contributed by atoms with Gasteiger partial charge in [-0.1, -0.05) is 45.2 Å². The fraction of sp³-hybridized carbons (Fsp3) is 0.714. The van der Waals surface area contributed by atoms with Gasteiger partial charge >= 0.3 is 0 Å². The van der Waals surface area contributed by atoms with E-state index in [9.17, 15) is 9.90 Å². The zero-order chi connectivity index (χ0) is 15.3. The normalized spacial score (nSPS) is 12.8. The monoisotopic (exact) mass is 301 g/mol. The van der Waals surface area contributed by atoms with E-state index in [1.807, 2.05) is 20.8 Å². The lowest BCUT2D eigenvalue weighted by atomic mass is 9.96. The first kappa shape index (κ1) is 17.0. The number of aryl methyl sites for hydroxylation is 2. The van der Waals surface area contributed by atoms with Crippen molar-refractivity contribution < 1.29 is 9.90 Å². The summed E-state index contributed by atoms with van der Waals surface area (Å²) in [6, 6.07) is 0. The first-order chi connectivity index (χ1) is 9.46. The van der Waals surface area contributed by atoms with Crippen LogP contribution in [-0.4, -0.2) is 33.4 Å². The minimum atomic E-state index is -0.533.